The molecule has 3 heteroatoms. The molecule has 2 rings (SSSR count). The summed E-state index contributed by atoms with van der Waals surface area (Å²) in [5, 5.41) is 3.49. The Kier molecular flexibility index (Phi) is 3.42. The fourth-order valence-electron chi connectivity index (χ4n) is 2.02. The van der Waals surface area contributed by atoms with E-state index in [2.05, 4.69) is 19.2 Å². The van der Waals surface area contributed by atoms with Gasteiger partial charge >= 0.3 is 0 Å². The molecule has 1 fully saturated rings. The molecule has 1 saturated carbocycles. The summed E-state index contributed by atoms with van der Waals surface area (Å²) in [6.45, 7) is 5.17. The third kappa shape index (κ3) is 2.23. The van der Waals surface area contributed by atoms with Crippen molar-refractivity contribution in [2.75, 3.05) is 6.54 Å². The Morgan fingerprint density at radius 1 is 1.53 bits per heavy atom. The molecule has 2 nitrogen and oxygen atoms in total. The van der Waals surface area contributed by atoms with Crippen LogP contribution < -0.4 is 5.73 Å². The van der Waals surface area contributed by atoms with Crippen LogP contribution in [0.3, 0.4) is 0 Å². The summed E-state index contributed by atoms with van der Waals surface area (Å²) in [7, 11) is 0. The van der Waals surface area contributed by atoms with E-state index in [0.717, 1.165) is 12.5 Å². The monoisotopic (exact) mass is 224 g/mol. The van der Waals surface area contributed by atoms with Gasteiger partial charge in [0, 0.05) is 23.8 Å². The minimum atomic E-state index is 0.448. The summed E-state index contributed by atoms with van der Waals surface area (Å²) in [4.78, 5) is 4.76. The van der Waals surface area contributed by atoms with E-state index in [4.69, 9.17) is 10.7 Å². The Hall–Kier alpha value is -0.410. The SMILES string of the molecule is CC(C)C(CN)c1nc(C2CCC2)cs1. The lowest BCUT2D eigenvalue weighted by molar-refractivity contribution is 0.410. The maximum absolute atomic E-state index is 5.80. The van der Waals surface area contributed by atoms with Crippen molar-refractivity contribution in [1.29, 1.82) is 0 Å². The molecular formula is C12H20N2S. The number of nitrogens with zero attached hydrogens (tertiary/aromatic N) is 1. The van der Waals surface area contributed by atoms with Gasteiger partial charge in [0.25, 0.3) is 0 Å². The van der Waals surface area contributed by atoms with E-state index in [0.29, 0.717) is 11.8 Å². The molecule has 2 N–H and O–H groups in total. The molecule has 1 unspecified atom stereocenters. The van der Waals surface area contributed by atoms with Crippen LogP contribution in [0, 0.1) is 5.92 Å². The molecule has 1 aliphatic carbocycles. The fraction of sp³-hybridized carbons (Fsp3) is 0.750. The van der Waals surface area contributed by atoms with E-state index >= 15 is 0 Å². The minimum Gasteiger partial charge on any atom is -0.330 e. The molecule has 0 bridgehead atoms. The molecule has 1 aliphatic rings. The summed E-state index contributed by atoms with van der Waals surface area (Å²) in [5.41, 5.74) is 7.12. The van der Waals surface area contributed by atoms with Gasteiger partial charge < -0.3 is 5.73 Å². The second-order valence-electron chi connectivity index (χ2n) is 4.82. The van der Waals surface area contributed by atoms with Crippen LogP contribution in [0.15, 0.2) is 5.38 Å². The average Bonchev–Trinajstić information content (AvgIpc) is 2.51. The molecule has 1 heterocycles. The highest BCUT2D eigenvalue weighted by molar-refractivity contribution is 7.09. The van der Waals surface area contributed by atoms with Gasteiger partial charge in [-0.05, 0) is 18.8 Å². The predicted octanol–water partition coefficient (Wildman–Crippen LogP) is 3.11. The number of nitrogens with two attached hydrogens (primary N) is 1. The normalized spacial score (nSPS) is 19.2. The second kappa shape index (κ2) is 4.62. The van der Waals surface area contributed by atoms with Gasteiger partial charge in [-0.2, -0.15) is 0 Å². The molecule has 1 atom stereocenters. The summed E-state index contributed by atoms with van der Waals surface area (Å²) in [6.07, 6.45) is 4.04. The molecule has 0 aliphatic heterocycles. The largest absolute Gasteiger partial charge is 0.330 e. The van der Waals surface area contributed by atoms with Crippen LogP contribution in [0.25, 0.3) is 0 Å². The molecule has 1 aromatic rings. The van der Waals surface area contributed by atoms with Crippen molar-refractivity contribution in [2.45, 2.75) is 44.9 Å². The summed E-state index contributed by atoms with van der Waals surface area (Å²) >= 11 is 1.80. The third-order valence-corrected chi connectivity index (χ3v) is 4.43. The molecule has 0 radical (unpaired) electrons. The summed E-state index contributed by atoms with van der Waals surface area (Å²) < 4.78 is 0. The molecular weight excluding hydrogens is 204 g/mol. The lowest BCUT2D eigenvalue weighted by Gasteiger charge is -2.23. The third-order valence-electron chi connectivity index (χ3n) is 3.44. The van der Waals surface area contributed by atoms with Crippen LogP contribution in [0.5, 0.6) is 0 Å². The highest BCUT2D eigenvalue weighted by Crippen LogP contribution is 2.38. The van der Waals surface area contributed by atoms with Crippen molar-refractivity contribution in [2.24, 2.45) is 11.7 Å². The average molecular weight is 224 g/mol. The summed E-state index contributed by atoms with van der Waals surface area (Å²) in [6, 6.07) is 0. The van der Waals surface area contributed by atoms with E-state index in [1.807, 2.05) is 0 Å². The predicted molar refractivity (Wildman–Crippen MR) is 65.3 cm³/mol. The molecule has 1 aromatic heterocycles. The fourth-order valence-corrected chi connectivity index (χ4v) is 3.21. The van der Waals surface area contributed by atoms with E-state index in [-0.39, 0.29) is 0 Å². The highest BCUT2D eigenvalue weighted by Gasteiger charge is 2.24. The van der Waals surface area contributed by atoms with E-state index in [1.54, 1.807) is 11.3 Å². The highest BCUT2D eigenvalue weighted by atomic mass is 32.1. The van der Waals surface area contributed by atoms with Gasteiger partial charge in [-0.1, -0.05) is 20.3 Å². The van der Waals surface area contributed by atoms with Crippen molar-refractivity contribution in [1.82, 2.24) is 4.98 Å². The summed E-state index contributed by atoms with van der Waals surface area (Å²) in [5.74, 6) is 1.79. The van der Waals surface area contributed by atoms with Crippen LogP contribution in [0.4, 0.5) is 0 Å². The molecule has 15 heavy (non-hydrogen) atoms. The lowest BCUT2D eigenvalue weighted by atomic mass is 9.83. The minimum absolute atomic E-state index is 0.448. The second-order valence-corrected chi connectivity index (χ2v) is 5.71. The molecule has 0 spiro atoms. The van der Waals surface area contributed by atoms with Crippen LogP contribution in [-0.4, -0.2) is 11.5 Å². The molecule has 84 valence electrons. The number of rotatable bonds is 4. The topological polar surface area (TPSA) is 38.9 Å². The van der Waals surface area contributed by atoms with Gasteiger partial charge in [-0.3, -0.25) is 0 Å². The van der Waals surface area contributed by atoms with E-state index in [1.165, 1.54) is 30.0 Å². The zero-order valence-corrected chi connectivity index (χ0v) is 10.4. The first-order chi connectivity index (χ1) is 7.22. The van der Waals surface area contributed by atoms with Gasteiger partial charge in [0.1, 0.15) is 0 Å². The van der Waals surface area contributed by atoms with Gasteiger partial charge in [0.2, 0.25) is 0 Å². The number of thiazole rings is 1. The van der Waals surface area contributed by atoms with Crippen molar-refractivity contribution < 1.29 is 0 Å². The zero-order valence-electron chi connectivity index (χ0n) is 9.57. The van der Waals surface area contributed by atoms with Gasteiger partial charge in [-0.25, -0.2) is 4.98 Å². The van der Waals surface area contributed by atoms with E-state index < -0.39 is 0 Å². The van der Waals surface area contributed by atoms with Crippen molar-refractivity contribution >= 4 is 11.3 Å². The Morgan fingerprint density at radius 3 is 2.73 bits per heavy atom. The van der Waals surface area contributed by atoms with Crippen LogP contribution in [0.1, 0.15) is 55.6 Å². The van der Waals surface area contributed by atoms with Gasteiger partial charge in [0.15, 0.2) is 0 Å². The van der Waals surface area contributed by atoms with Gasteiger partial charge in [0.05, 0.1) is 10.7 Å². The Morgan fingerprint density at radius 2 is 2.27 bits per heavy atom. The van der Waals surface area contributed by atoms with Crippen LogP contribution in [-0.2, 0) is 0 Å². The Bertz CT molecular complexity index is 315. The Balaban J connectivity index is 2.10. The quantitative estimate of drug-likeness (QED) is 0.853. The standard InChI is InChI=1S/C12H20N2S/c1-8(2)10(6-13)12-14-11(7-15-12)9-4-3-5-9/h7-10H,3-6,13H2,1-2H3. The number of hydrogen-bond acceptors (Lipinski definition) is 3. The molecule has 0 amide bonds. The first-order valence-electron chi connectivity index (χ1n) is 5.87. The van der Waals surface area contributed by atoms with Crippen molar-refractivity contribution in [3.8, 4) is 0 Å². The first-order valence-corrected chi connectivity index (χ1v) is 6.75. The maximum atomic E-state index is 5.80. The smallest absolute Gasteiger partial charge is 0.0974 e. The number of aromatic nitrogens is 1. The maximum Gasteiger partial charge on any atom is 0.0974 e. The Labute approximate surface area is 95.9 Å². The van der Waals surface area contributed by atoms with Gasteiger partial charge in [-0.15, -0.1) is 11.3 Å². The van der Waals surface area contributed by atoms with Crippen molar-refractivity contribution in [3.05, 3.63) is 16.1 Å². The molecule has 0 saturated heterocycles. The zero-order chi connectivity index (χ0) is 10.8. The number of hydrogen-bond donors (Lipinski definition) is 1. The first kappa shape index (κ1) is 11.1. The van der Waals surface area contributed by atoms with Crippen molar-refractivity contribution in [3.63, 3.8) is 0 Å². The van der Waals surface area contributed by atoms with Crippen LogP contribution >= 0.6 is 11.3 Å². The molecule has 0 aromatic carbocycles. The van der Waals surface area contributed by atoms with Crippen LogP contribution in [0.2, 0.25) is 0 Å². The van der Waals surface area contributed by atoms with E-state index in [9.17, 15) is 0 Å². The lowest BCUT2D eigenvalue weighted by Crippen LogP contribution is -2.18.